The predicted octanol–water partition coefficient (Wildman–Crippen LogP) is 4.17. The highest BCUT2D eigenvalue weighted by molar-refractivity contribution is 6.31. The molecule has 2 heteroatoms. The van der Waals surface area contributed by atoms with Crippen molar-refractivity contribution < 1.29 is 4.39 Å². The first-order valence-electron chi connectivity index (χ1n) is 4.16. The highest BCUT2D eigenvalue weighted by Gasteiger charge is 2.21. The van der Waals surface area contributed by atoms with E-state index >= 15 is 0 Å². The van der Waals surface area contributed by atoms with Gasteiger partial charge in [0.15, 0.2) is 0 Å². The van der Waals surface area contributed by atoms with Crippen molar-refractivity contribution in [1.29, 1.82) is 0 Å². The van der Waals surface area contributed by atoms with Gasteiger partial charge in [0.25, 0.3) is 0 Å². The second-order valence-corrected chi connectivity index (χ2v) is 4.58. The van der Waals surface area contributed by atoms with E-state index in [4.69, 9.17) is 11.6 Å². The van der Waals surface area contributed by atoms with Crippen LogP contribution in [0.5, 0.6) is 0 Å². The molecule has 1 aliphatic carbocycles. The molecular formula is C10H14ClF. The molecule has 0 nitrogen and oxygen atoms in total. The van der Waals surface area contributed by atoms with Crippen molar-refractivity contribution in [2.24, 2.45) is 5.41 Å². The van der Waals surface area contributed by atoms with Gasteiger partial charge in [0.05, 0.1) is 5.03 Å². The van der Waals surface area contributed by atoms with E-state index < -0.39 is 0 Å². The van der Waals surface area contributed by atoms with Crippen molar-refractivity contribution in [3.05, 3.63) is 22.5 Å². The summed E-state index contributed by atoms with van der Waals surface area (Å²) in [4.78, 5) is 0. The number of halogens is 2. The molecule has 68 valence electrons. The van der Waals surface area contributed by atoms with E-state index in [2.05, 4.69) is 20.8 Å². The molecule has 0 saturated carbocycles. The van der Waals surface area contributed by atoms with Crippen molar-refractivity contribution in [2.75, 3.05) is 0 Å². The summed E-state index contributed by atoms with van der Waals surface area (Å²) in [6.07, 6.45) is 3.02. The lowest BCUT2D eigenvalue weighted by Gasteiger charge is -2.25. The van der Waals surface area contributed by atoms with Gasteiger partial charge in [-0.2, -0.15) is 0 Å². The number of hydrogen-bond donors (Lipinski definition) is 0. The van der Waals surface area contributed by atoms with Crippen LogP contribution in [-0.2, 0) is 0 Å². The van der Waals surface area contributed by atoms with Gasteiger partial charge in [-0.05, 0) is 17.9 Å². The lowest BCUT2D eigenvalue weighted by Crippen LogP contribution is -2.11. The van der Waals surface area contributed by atoms with Crippen molar-refractivity contribution in [1.82, 2.24) is 0 Å². The van der Waals surface area contributed by atoms with Gasteiger partial charge < -0.3 is 0 Å². The van der Waals surface area contributed by atoms with Gasteiger partial charge in [0.2, 0.25) is 0 Å². The van der Waals surface area contributed by atoms with Crippen molar-refractivity contribution >= 4 is 11.6 Å². The first-order valence-corrected chi connectivity index (χ1v) is 4.54. The van der Waals surface area contributed by atoms with Gasteiger partial charge in [0.1, 0.15) is 5.83 Å². The second kappa shape index (κ2) is 3.21. The SMILES string of the molecule is CC(C)(C)C1=CC(Cl)=C(F)CC1. The van der Waals surface area contributed by atoms with Gasteiger partial charge >= 0.3 is 0 Å². The van der Waals surface area contributed by atoms with Crippen LogP contribution in [0, 0.1) is 5.41 Å². The molecule has 0 amide bonds. The molecule has 0 aliphatic heterocycles. The van der Waals surface area contributed by atoms with Crippen LogP contribution in [0.4, 0.5) is 4.39 Å². The smallest absolute Gasteiger partial charge is 0.119 e. The third kappa shape index (κ3) is 2.10. The van der Waals surface area contributed by atoms with Crippen LogP contribution in [0.2, 0.25) is 0 Å². The topological polar surface area (TPSA) is 0 Å². The van der Waals surface area contributed by atoms with Crippen LogP contribution in [0.25, 0.3) is 0 Å². The van der Waals surface area contributed by atoms with Gasteiger partial charge in [-0.3, -0.25) is 0 Å². The molecule has 0 heterocycles. The Kier molecular flexibility index (Phi) is 2.62. The fraction of sp³-hybridized carbons (Fsp3) is 0.600. The maximum atomic E-state index is 12.8. The van der Waals surface area contributed by atoms with E-state index in [1.165, 1.54) is 5.57 Å². The second-order valence-electron chi connectivity index (χ2n) is 4.17. The minimum absolute atomic E-state index is 0.112. The molecule has 0 aromatic rings. The first kappa shape index (κ1) is 9.79. The van der Waals surface area contributed by atoms with E-state index in [0.29, 0.717) is 6.42 Å². The van der Waals surface area contributed by atoms with E-state index in [0.717, 1.165) is 6.42 Å². The highest BCUT2D eigenvalue weighted by atomic mass is 35.5. The Morgan fingerprint density at radius 2 is 1.92 bits per heavy atom. The Hall–Kier alpha value is -0.300. The highest BCUT2D eigenvalue weighted by Crippen LogP contribution is 2.36. The molecule has 1 rings (SSSR count). The Bertz CT molecular complexity index is 243. The molecule has 0 radical (unpaired) electrons. The minimum Gasteiger partial charge on any atom is -0.210 e. The van der Waals surface area contributed by atoms with Crippen molar-refractivity contribution in [3.8, 4) is 0 Å². The number of rotatable bonds is 0. The van der Waals surface area contributed by atoms with Crippen molar-refractivity contribution in [2.45, 2.75) is 33.6 Å². The van der Waals surface area contributed by atoms with Gasteiger partial charge in [-0.15, -0.1) is 0 Å². The van der Waals surface area contributed by atoms with Crippen LogP contribution >= 0.6 is 11.6 Å². The third-order valence-corrected chi connectivity index (χ3v) is 2.45. The zero-order valence-electron chi connectivity index (χ0n) is 7.75. The van der Waals surface area contributed by atoms with E-state index in [1.54, 1.807) is 6.08 Å². The standard InChI is InChI=1S/C10H14ClF/c1-10(2,3)7-4-5-9(12)8(11)6-7/h6H,4-5H2,1-3H3. The Labute approximate surface area is 78.1 Å². The molecule has 0 atom stereocenters. The summed E-state index contributed by atoms with van der Waals surface area (Å²) in [5.74, 6) is -0.176. The minimum atomic E-state index is -0.176. The molecule has 0 unspecified atom stereocenters. The molecule has 0 fully saturated rings. The maximum Gasteiger partial charge on any atom is 0.119 e. The average molecular weight is 189 g/mol. The summed E-state index contributed by atoms with van der Waals surface area (Å²) >= 11 is 5.70. The molecule has 0 spiro atoms. The Balaban J connectivity index is 2.91. The molecule has 0 bridgehead atoms. The van der Waals surface area contributed by atoms with E-state index in [1.807, 2.05) is 0 Å². The summed E-state index contributed by atoms with van der Waals surface area (Å²) in [7, 11) is 0. The van der Waals surface area contributed by atoms with E-state index in [9.17, 15) is 4.39 Å². The molecular weight excluding hydrogens is 175 g/mol. The largest absolute Gasteiger partial charge is 0.210 e. The number of hydrogen-bond acceptors (Lipinski definition) is 0. The van der Waals surface area contributed by atoms with Gasteiger partial charge in [0, 0.05) is 6.42 Å². The van der Waals surface area contributed by atoms with Crippen LogP contribution in [0.15, 0.2) is 22.5 Å². The lowest BCUT2D eigenvalue weighted by molar-refractivity contribution is 0.464. The van der Waals surface area contributed by atoms with Gasteiger partial charge in [-0.25, -0.2) is 4.39 Å². The lowest BCUT2D eigenvalue weighted by atomic mass is 9.82. The molecule has 0 aromatic carbocycles. The zero-order valence-corrected chi connectivity index (χ0v) is 8.50. The maximum absolute atomic E-state index is 12.8. The number of allylic oxidation sites excluding steroid dienone is 4. The van der Waals surface area contributed by atoms with Crippen LogP contribution in [0.1, 0.15) is 33.6 Å². The van der Waals surface area contributed by atoms with Gasteiger partial charge in [-0.1, -0.05) is 37.9 Å². The monoisotopic (exact) mass is 188 g/mol. The fourth-order valence-corrected chi connectivity index (χ4v) is 1.48. The van der Waals surface area contributed by atoms with Crippen LogP contribution in [0.3, 0.4) is 0 Å². The Morgan fingerprint density at radius 3 is 2.33 bits per heavy atom. The van der Waals surface area contributed by atoms with E-state index in [-0.39, 0.29) is 16.3 Å². The molecule has 0 saturated heterocycles. The molecule has 1 aliphatic rings. The fourth-order valence-electron chi connectivity index (χ4n) is 1.26. The first-order chi connectivity index (χ1) is 5.41. The Morgan fingerprint density at radius 1 is 1.33 bits per heavy atom. The quantitative estimate of drug-likeness (QED) is 0.535. The summed E-state index contributed by atoms with van der Waals surface area (Å²) in [6, 6.07) is 0. The zero-order chi connectivity index (χ0) is 9.35. The molecule has 0 aromatic heterocycles. The van der Waals surface area contributed by atoms with Crippen LogP contribution in [-0.4, -0.2) is 0 Å². The summed E-state index contributed by atoms with van der Waals surface area (Å²) in [5.41, 5.74) is 1.34. The average Bonchev–Trinajstić information content (AvgIpc) is 1.92. The normalized spacial score (nSPS) is 19.6. The van der Waals surface area contributed by atoms with Crippen molar-refractivity contribution in [3.63, 3.8) is 0 Å². The summed E-state index contributed by atoms with van der Waals surface area (Å²) in [5, 5.41) is 0.283. The summed E-state index contributed by atoms with van der Waals surface area (Å²) < 4.78 is 12.8. The van der Waals surface area contributed by atoms with Crippen LogP contribution < -0.4 is 0 Å². The molecule has 0 N–H and O–H groups in total. The summed E-state index contributed by atoms with van der Waals surface area (Å²) in [6.45, 7) is 6.35. The third-order valence-electron chi connectivity index (χ3n) is 2.14. The predicted molar refractivity (Wildman–Crippen MR) is 50.8 cm³/mol. The molecule has 12 heavy (non-hydrogen) atoms.